The van der Waals surface area contributed by atoms with Gasteiger partial charge in [0.25, 0.3) is 0 Å². The van der Waals surface area contributed by atoms with E-state index in [1.807, 2.05) is 0 Å². The summed E-state index contributed by atoms with van der Waals surface area (Å²) in [6.07, 6.45) is 1.10. The highest BCUT2D eigenvalue weighted by molar-refractivity contribution is 5.41. The predicted octanol–water partition coefficient (Wildman–Crippen LogP) is 4.73. The van der Waals surface area contributed by atoms with Crippen molar-refractivity contribution in [3.63, 3.8) is 0 Å². The minimum absolute atomic E-state index is 0.144. The van der Waals surface area contributed by atoms with Gasteiger partial charge in [0, 0.05) is 6.42 Å². The van der Waals surface area contributed by atoms with Crippen LogP contribution in [0.4, 0.5) is 0 Å². The molecule has 1 saturated heterocycles. The topological polar surface area (TPSA) is 12.5 Å². The second-order valence-electron chi connectivity index (χ2n) is 6.88. The van der Waals surface area contributed by atoms with Crippen molar-refractivity contribution >= 4 is 0 Å². The molecule has 0 spiro atoms. The molecule has 0 N–H and O–H groups in total. The van der Waals surface area contributed by atoms with Crippen LogP contribution in [0.25, 0.3) is 0 Å². The van der Waals surface area contributed by atoms with Crippen LogP contribution in [0.15, 0.2) is 84.9 Å². The van der Waals surface area contributed by atoms with Crippen LogP contribution in [-0.2, 0) is 11.2 Å². The van der Waals surface area contributed by atoms with Crippen LogP contribution in [0.1, 0.15) is 34.3 Å². The van der Waals surface area contributed by atoms with Gasteiger partial charge >= 0.3 is 0 Å². The number of hydrogen-bond donors (Lipinski definition) is 0. The minimum Gasteiger partial charge on any atom is -0.361 e. The van der Waals surface area contributed by atoms with Crippen LogP contribution in [0.3, 0.4) is 0 Å². The first-order valence-electron chi connectivity index (χ1n) is 8.98. The Morgan fingerprint density at radius 1 is 0.720 bits per heavy atom. The Hall–Kier alpha value is -2.42. The molecule has 0 bridgehead atoms. The zero-order valence-electron chi connectivity index (χ0n) is 14.1. The van der Waals surface area contributed by atoms with Crippen molar-refractivity contribution in [3.8, 4) is 0 Å². The first-order chi connectivity index (χ1) is 12.4. The van der Waals surface area contributed by atoms with Gasteiger partial charge in [0.05, 0.1) is 18.7 Å². The third-order valence-corrected chi connectivity index (χ3v) is 5.48. The maximum Gasteiger partial charge on any atom is 0.116 e. The van der Waals surface area contributed by atoms with E-state index in [0.717, 1.165) is 13.0 Å². The zero-order valence-corrected chi connectivity index (χ0v) is 14.1. The van der Waals surface area contributed by atoms with E-state index in [1.165, 1.54) is 22.3 Å². The molecule has 5 rings (SSSR count). The normalized spacial score (nSPS) is 25.4. The molecule has 3 aromatic rings. The highest BCUT2D eigenvalue weighted by Crippen LogP contribution is 2.46. The fraction of sp³-hybridized carbons (Fsp3) is 0.217. The summed E-state index contributed by atoms with van der Waals surface area (Å²) < 4.78 is 6.26. The molecule has 1 fully saturated rings. The first-order valence-corrected chi connectivity index (χ1v) is 8.98. The Balaban J connectivity index is 1.65. The quantitative estimate of drug-likeness (QED) is 0.674. The lowest BCUT2D eigenvalue weighted by atomic mass is 9.86. The van der Waals surface area contributed by atoms with Crippen molar-refractivity contribution in [1.29, 1.82) is 0 Å². The fourth-order valence-electron chi connectivity index (χ4n) is 4.35. The third-order valence-electron chi connectivity index (χ3n) is 5.48. The maximum absolute atomic E-state index is 6.26. The summed E-state index contributed by atoms with van der Waals surface area (Å²) >= 11 is 0. The van der Waals surface area contributed by atoms with E-state index in [1.54, 1.807) is 0 Å². The Bertz CT molecular complexity index is 862. The monoisotopic (exact) mass is 327 g/mol. The van der Waals surface area contributed by atoms with Crippen molar-refractivity contribution in [2.24, 2.45) is 0 Å². The minimum atomic E-state index is 0.144. The predicted molar refractivity (Wildman–Crippen MR) is 99.2 cm³/mol. The summed E-state index contributed by atoms with van der Waals surface area (Å²) in [4.78, 5) is 2.58. The highest BCUT2D eigenvalue weighted by Gasteiger charge is 2.44. The fourth-order valence-corrected chi connectivity index (χ4v) is 4.35. The molecular weight excluding hydrogens is 306 g/mol. The molecular formula is C23H21NO. The Morgan fingerprint density at radius 2 is 1.36 bits per heavy atom. The lowest BCUT2D eigenvalue weighted by Gasteiger charge is -2.41. The van der Waals surface area contributed by atoms with Crippen LogP contribution in [0, 0.1) is 0 Å². The molecule has 2 aliphatic rings. The molecule has 0 radical (unpaired) electrons. The second-order valence-corrected chi connectivity index (χ2v) is 6.88. The summed E-state index contributed by atoms with van der Waals surface area (Å²) in [7, 11) is 0. The van der Waals surface area contributed by atoms with Gasteiger partial charge in [0.1, 0.15) is 6.23 Å². The molecule has 2 heterocycles. The molecule has 124 valence electrons. The van der Waals surface area contributed by atoms with Crippen molar-refractivity contribution in [2.75, 3.05) is 6.61 Å². The van der Waals surface area contributed by atoms with Crippen LogP contribution >= 0.6 is 0 Å². The lowest BCUT2D eigenvalue weighted by molar-refractivity contribution is 0.00589. The van der Waals surface area contributed by atoms with Crippen molar-refractivity contribution in [2.45, 2.75) is 24.7 Å². The van der Waals surface area contributed by atoms with E-state index < -0.39 is 0 Å². The second kappa shape index (κ2) is 6.14. The van der Waals surface area contributed by atoms with Gasteiger partial charge in [-0.25, -0.2) is 0 Å². The van der Waals surface area contributed by atoms with E-state index in [2.05, 4.69) is 89.8 Å². The van der Waals surface area contributed by atoms with Gasteiger partial charge in [-0.1, -0.05) is 84.9 Å². The molecule has 2 aliphatic heterocycles. The maximum atomic E-state index is 6.26. The first kappa shape index (κ1) is 14.9. The van der Waals surface area contributed by atoms with Gasteiger partial charge in [-0.2, -0.15) is 0 Å². The van der Waals surface area contributed by atoms with Crippen LogP contribution in [-0.4, -0.2) is 17.7 Å². The number of hydrogen-bond acceptors (Lipinski definition) is 2. The van der Waals surface area contributed by atoms with E-state index >= 15 is 0 Å². The molecule has 25 heavy (non-hydrogen) atoms. The van der Waals surface area contributed by atoms with Crippen molar-refractivity contribution in [3.05, 3.63) is 107 Å². The largest absolute Gasteiger partial charge is 0.361 e. The molecule has 2 nitrogen and oxygen atoms in total. The number of ether oxygens (including phenoxy) is 1. The summed E-state index contributed by atoms with van der Waals surface area (Å²) in [5.41, 5.74) is 5.50. The summed E-state index contributed by atoms with van der Waals surface area (Å²) in [5, 5.41) is 0. The molecule has 0 saturated carbocycles. The zero-order chi connectivity index (χ0) is 16.6. The van der Waals surface area contributed by atoms with Crippen LogP contribution < -0.4 is 0 Å². The van der Waals surface area contributed by atoms with Gasteiger partial charge in [0.2, 0.25) is 0 Å². The lowest BCUT2D eigenvalue weighted by Crippen LogP contribution is -2.41. The number of nitrogens with zero attached hydrogens (tertiary/aromatic N) is 1. The SMILES string of the molecule is c1ccc([C@H]2c3ccccc3C[C@H]3OC[C@@H](c4ccccc4)N23)cc1. The van der Waals surface area contributed by atoms with Crippen LogP contribution in [0.5, 0.6) is 0 Å². The van der Waals surface area contributed by atoms with Gasteiger partial charge in [0.15, 0.2) is 0 Å². The smallest absolute Gasteiger partial charge is 0.116 e. The average molecular weight is 327 g/mol. The average Bonchev–Trinajstić information content (AvgIpc) is 3.11. The molecule has 0 amide bonds. The molecule has 2 heteroatoms. The standard InChI is InChI=1S/C23H21NO/c1-3-9-17(10-4-1)21-16-25-22-15-19-13-7-8-14-20(19)23(24(21)22)18-11-5-2-6-12-18/h1-14,21-23H,15-16H2/t21-,22+,23-/m0/s1. The van der Waals surface area contributed by atoms with E-state index in [0.29, 0.717) is 6.04 Å². The summed E-state index contributed by atoms with van der Waals surface area (Å²) in [6.45, 7) is 0.756. The van der Waals surface area contributed by atoms with E-state index in [9.17, 15) is 0 Å². The molecule has 3 aromatic carbocycles. The van der Waals surface area contributed by atoms with E-state index in [-0.39, 0.29) is 12.3 Å². The van der Waals surface area contributed by atoms with Crippen molar-refractivity contribution in [1.82, 2.24) is 4.90 Å². The summed E-state index contributed by atoms with van der Waals surface area (Å²) in [6, 6.07) is 31.0. The van der Waals surface area contributed by atoms with Crippen LogP contribution in [0.2, 0.25) is 0 Å². The highest BCUT2D eigenvalue weighted by atomic mass is 16.5. The van der Waals surface area contributed by atoms with Gasteiger partial charge in [-0.3, -0.25) is 4.90 Å². The number of fused-ring (bicyclic) bond motifs is 2. The molecule has 3 atom stereocenters. The number of rotatable bonds is 2. The van der Waals surface area contributed by atoms with Gasteiger partial charge in [-0.05, 0) is 22.3 Å². The summed E-state index contributed by atoms with van der Waals surface area (Å²) in [5.74, 6) is 0. The van der Waals surface area contributed by atoms with Crippen molar-refractivity contribution < 1.29 is 4.74 Å². The molecule has 0 aliphatic carbocycles. The number of benzene rings is 3. The van der Waals surface area contributed by atoms with Gasteiger partial charge in [-0.15, -0.1) is 0 Å². The van der Waals surface area contributed by atoms with Gasteiger partial charge < -0.3 is 4.74 Å². The molecule has 0 aromatic heterocycles. The molecule has 0 unspecified atom stereocenters. The third kappa shape index (κ3) is 2.50. The van der Waals surface area contributed by atoms with E-state index in [4.69, 9.17) is 4.74 Å². The Labute approximate surface area is 148 Å². The Morgan fingerprint density at radius 3 is 2.12 bits per heavy atom. The Kier molecular flexibility index (Phi) is 3.66.